The summed E-state index contributed by atoms with van der Waals surface area (Å²) in [4.78, 5) is 10.0. The van der Waals surface area contributed by atoms with E-state index in [2.05, 4.69) is 19.1 Å². The second-order valence-corrected chi connectivity index (χ2v) is 8.85. The van der Waals surface area contributed by atoms with Gasteiger partial charge < -0.3 is 4.57 Å². The van der Waals surface area contributed by atoms with Gasteiger partial charge in [-0.25, -0.2) is 0 Å². The zero-order chi connectivity index (χ0) is 15.4. The van der Waals surface area contributed by atoms with Crippen molar-refractivity contribution in [1.82, 2.24) is 0 Å². The molecule has 0 bridgehead atoms. The van der Waals surface area contributed by atoms with E-state index in [1.54, 1.807) is 32.1 Å². The van der Waals surface area contributed by atoms with Crippen LogP contribution in [0.15, 0.2) is 60.7 Å². The van der Waals surface area contributed by atoms with Crippen molar-refractivity contribution < 1.29 is 9.36 Å². The molecule has 20 heavy (non-hydrogen) atoms. The molecule has 0 N–H and O–H groups in total. The number of hydrogen-bond donors (Lipinski definition) is 0. The van der Waals surface area contributed by atoms with Crippen LogP contribution in [0.4, 0.5) is 0 Å². The molecule has 0 spiro atoms. The maximum absolute atomic E-state index is 10.2. The lowest BCUT2D eigenvalue weighted by Crippen LogP contribution is -1.73. The van der Waals surface area contributed by atoms with Crippen LogP contribution >= 0.6 is 7.14 Å². The largest absolute Gasteiger partial charge is 0.324 e. The summed E-state index contributed by atoms with van der Waals surface area (Å²) in [5.74, 6) is 0. The first-order chi connectivity index (χ1) is 9.33. The maximum Gasteiger partial charge on any atom is 0.150 e. The lowest BCUT2D eigenvalue weighted by molar-refractivity contribution is 0.112. The third kappa shape index (κ3) is 14.4. The monoisotopic (exact) mass is 290 g/mol. The Morgan fingerprint density at radius 3 is 1.35 bits per heavy atom. The molecule has 0 saturated heterocycles. The quantitative estimate of drug-likeness (QED) is 0.562. The molecule has 2 nitrogen and oxygen atoms in total. The summed E-state index contributed by atoms with van der Waals surface area (Å²) >= 11 is 0. The van der Waals surface area contributed by atoms with E-state index < -0.39 is 7.14 Å². The standard InChI is InChI=1S/C7H6O.C7H8.C3H9OP/c8-6-7-4-2-1-3-5-7;1-7-5-3-2-4-6-7;1-5(2,3)4/h1-6H;2-6H,1H3;1-3H3. The molecule has 108 valence electrons. The van der Waals surface area contributed by atoms with E-state index in [9.17, 15) is 9.36 Å². The van der Waals surface area contributed by atoms with Gasteiger partial charge in [-0.1, -0.05) is 66.2 Å². The third-order valence-corrected chi connectivity index (χ3v) is 1.88. The van der Waals surface area contributed by atoms with Crippen LogP contribution in [0.2, 0.25) is 0 Å². The first-order valence-corrected chi connectivity index (χ1v) is 9.42. The summed E-state index contributed by atoms with van der Waals surface area (Å²) in [5, 5.41) is 0. The van der Waals surface area contributed by atoms with Gasteiger partial charge in [0.05, 0.1) is 7.14 Å². The minimum Gasteiger partial charge on any atom is -0.324 e. The van der Waals surface area contributed by atoms with Gasteiger partial charge in [0.2, 0.25) is 0 Å². The van der Waals surface area contributed by atoms with Crippen molar-refractivity contribution in [3.05, 3.63) is 71.8 Å². The van der Waals surface area contributed by atoms with Gasteiger partial charge in [0.15, 0.2) is 0 Å². The van der Waals surface area contributed by atoms with E-state index in [0.29, 0.717) is 0 Å². The Morgan fingerprint density at radius 1 is 0.800 bits per heavy atom. The predicted octanol–water partition coefficient (Wildman–Crippen LogP) is 4.73. The van der Waals surface area contributed by atoms with Crippen LogP contribution in [0.1, 0.15) is 15.9 Å². The van der Waals surface area contributed by atoms with Crippen molar-refractivity contribution in [2.75, 3.05) is 20.0 Å². The highest BCUT2D eigenvalue weighted by molar-refractivity contribution is 7.61. The van der Waals surface area contributed by atoms with E-state index in [1.165, 1.54) is 5.56 Å². The fraction of sp³-hybridized carbons (Fsp3) is 0.235. The van der Waals surface area contributed by atoms with Crippen molar-refractivity contribution in [2.45, 2.75) is 6.92 Å². The Bertz CT molecular complexity index is 507. The van der Waals surface area contributed by atoms with Crippen LogP contribution in [-0.4, -0.2) is 26.3 Å². The Labute approximate surface area is 122 Å². The second-order valence-electron chi connectivity index (χ2n) is 5.07. The third-order valence-electron chi connectivity index (χ3n) is 1.88. The Morgan fingerprint density at radius 2 is 1.15 bits per heavy atom. The number of aldehydes is 1. The van der Waals surface area contributed by atoms with E-state index in [4.69, 9.17) is 0 Å². The van der Waals surface area contributed by atoms with Crippen molar-refractivity contribution in [2.24, 2.45) is 0 Å². The maximum atomic E-state index is 10.2. The summed E-state index contributed by atoms with van der Waals surface area (Å²) in [6.45, 7) is 7.31. The molecular formula is C17H23O2P. The fourth-order valence-corrected chi connectivity index (χ4v) is 1.07. The van der Waals surface area contributed by atoms with Crippen molar-refractivity contribution in [3.63, 3.8) is 0 Å². The number of carbonyl (C=O) groups is 1. The molecular weight excluding hydrogens is 267 g/mol. The lowest BCUT2D eigenvalue weighted by atomic mass is 10.2. The molecule has 2 aromatic rings. The zero-order valence-corrected chi connectivity index (χ0v) is 13.5. The molecule has 0 amide bonds. The van der Waals surface area contributed by atoms with E-state index >= 15 is 0 Å². The Kier molecular flexibility index (Phi) is 9.32. The molecule has 0 atom stereocenters. The zero-order valence-electron chi connectivity index (χ0n) is 12.6. The van der Waals surface area contributed by atoms with Crippen LogP contribution < -0.4 is 0 Å². The predicted molar refractivity (Wildman–Crippen MR) is 88.4 cm³/mol. The fourth-order valence-electron chi connectivity index (χ4n) is 1.07. The minimum atomic E-state index is -1.64. The topological polar surface area (TPSA) is 34.1 Å². The molecule has 0 aromatic heterocycles. The second kappa shape index (κ2) is 10.2. The summed E-state index contributed by atoms with van der Waals surface area (Å²) in [5.41, 5.74) is 2.05. The van der Waals surface area contributed by atoms with E-state index in [1.807, 2.05) is 36.4 Å². The van der Waals surface area contributed by atoms with E-state index in [-0.39, 0.29) is 0 Å². The highest BCUT2D eigenvalue weighted by atomic mass is 31.2. The van der Waals surface area contributed by atoms with Gasteiger partial charge in [-0.15, -0.1) is 0 Å². The summed E-state index contributed by atoms with van der Waals surface area (Å²) in [7, 11) is -1.64. The van der Waals surface area contributed by atoms with Crippen LogP contribution in [-0.2, 0) is 4.57 Å². The number of benzene rings is 2. The highest BCUT2D eigenvalue weighted by Gasteiger charge is 1.89. The molecule has 0 aliphatic carbocycles. The summed E-state index contributed by atoms with van der Waals surface area (Å²) < 4.78 is 10.2. The van der Waals surface area contributed by atoms with Crippen LogP contribution in [0.3, 0.4) is 0 Å². The molecule has 2 rings (SSSR count). The van der Waals surface area contributed by atoms with Gasteiger partial charge in [0, 0.05) is 5.56 Å². The van der Waals surface area contributed by atoms with Crippen molar-refractivity contribution in [3.8, 4) is 0 Å². The SMILES string of the molecule is CP(C)(C)=O.Cc1ccccc1.O=Cc1ccccc1. The molecule has 3 heteroatoms. The van der Waals surface area contributed by atoms with Crippen molar-refractivity contribution in [1.29, 1.82) is 0 Å². The van der Waals surface area contributed by atoms with Crippen LogP contribution in [0.5, 0.6) is 0 Å². The number of aryl methyl sites for hydroxylation is 1. The van der Waals surface area contributed by atoms with Gasteiger partial charge in [0.1, 0.15) is 6.29 Å². The Hall–Kier alpha value is -1.66. The van der Waals surface area contributed by atoms with Crippen LogP contribution in [0.25, 0.3) is 0 Å². The molecule has 0 radical (unpaired) electrons. The Balaban J connectivity index is 0.000000280. The molecule has 2 aromatic carbocycles. The first-order valence-electron chi connectivity index (χ1n) is 6.37. The lowest BCUT2D eigenvalue weighted by Gasteiger charge is -1.86. The van der Waals surface area contributed by atoms with Gasteiger partial charge >= 0.3 is 0 Å². The molecule has 0 saturated carbocycles. The summed E-state index contributed by atoms with van der Waals surface area (Å²) in [6, 6.07) is 19.4. The first kappa shape index (κ1) is 18.3. The molecule has 0 fully saturated rings. The average Bonchev–Trinajstić information content (AvgIpc) is 2.39. The number of hydrogen-bond acceptors (Lipinski definition) is 2. The normalized spacial score (nSPS) is 9.40. The molecule has 0 heterocycles. The van der Waals surface area contributed by atoms with Gasteiger partial charge in [-0.05, 0) is 26.9 Å². The molecule has 0 unspecified atom stereocenters. The molecule has 0 aliphatic heterocycles. The van der Waals surface area contributed by atoms with Gasteiger partial charge in [-0.3, -0.25) is 4.79 Å². The number of carbonyl (C=O) groups excluding carboxylic acids is 1. The van der Waals surface area contributed by atoms with Crippen molar-refractivity contribution >= 4 is 13.4 Å². The average molecular weight is 290 g/mol. The van der Waals surface area contributed by atoms with E-state index in [0.717, 1.165) is 11.8 Å². The minimum absolute atomic E-state index is 0.729. The van der Waals surface area contributed by atoms with Gasteiger partial charge in [-0.2, -0.15) is 0 Å². The highest BCUT2D eigenvalue weighted by Crippen LogP contribution is 2.28. The van der Waals surface area contributed by atoms with Crippen LogP contribution in [0, 0.1) is 6.92 Å². The number of rotatable bonds is 1. The van der Waals surface area contributed by atoms with Gasteiger partial charge in [0.25, 0.3) is 0 Å². The molecule has 0 aliphatic rings. The smallest absolute Gasteiger partial charge is 0.150 e. The summed E-state index contributed by atoms with van der Waals surface area (Å²) in [6.07, 6.45) is 0.833.